The number of hydrogen-bond donors (Lipinski definition) is 3. The van der Waals surface area contributed by atoms with Gasteiger partial charge in [0.25, 0.3) is 0 Å². The molecule has 0 aliphatic heterocycles. The fourth-order valence-electron chi connectivity index (χ4n) is 1.69. The number of nitrogen functional groups attached to an aromatic ring is 1. The number of nitrogens with zero attached hydrogens (tertiary/aromatic N) is 1. The zero-order valence-electron chi connectivity index (χ0n) is 10.1. The minimum absolute atomic E-state index is 0.118. The predicted octanol–water partition coefficient (Wildman–Crippen LogP) is 2.72. The number of pyridine rings is 1. The second kappa shape index (κ2) is 5.16. The number of halogens is 1. The molecule has 0 fully saturated rings. The molecule has 0 atom stereocenters. The minimum atomic E-state index is -1.16. The van der Waals surface area contributed by atoms with Crippen LogP contribution in [-0.2, 0) is 0 Å². The summed E-state index contributed by atoms with van der Waals surface area (Å²) in [5.74, 6) is -1.16. The Morgan fingerprint density at radius 3 is 2.53 bits per heavy atom. The summed E-state index contributed by atoms with van der Waals surface area (Å²) < 4.78 is 0. The lowest BCUT2D eigenvalue weighted by Crippen LogP contribution is -2.09. The summed E-state index contributed by atoms with van der Waals surface area (Å²) in [4.78, 5) is 15.2. The van der Waals surface area contributed by atoms with Crippen LogP contribution < -0.4 is 11.1 Å². The van der Waals surface area contributed by atoms with E-state index >= 15 is 0 Å². The molecule has 1 aromatic carbocycles. The van der Waals surface area contributed by atoms with E-state index in [1.807, 2.05) is 0 Å². The lowest BCUT2D eigenvalue weighted by atomic mass is 10.1. The van der Waals surface area contributed by atoms with Gasteiger partial charge in [0.05, 0.1) is 17.1 Å². The standard InChI is InChI=1S/C13H12ClN3O2/c1-16-10-6-9(7-2-4-8(14)5-3-7)17-12(11(10)15)13(18)19/h2-6H,15H2,1H3,(H,16,17)(H,18,19). The van der Waals surface area contributed by atoms with Crippen LogP contribution in [-0.4, -0.2) is 23.1 Å². The number of benzene rings is 1. The lowest BCUT2D eigenvalue weighted by molar-refractivity contribution is 0.0692. The van der Waals surface area contributed by atoms with Crippen molar-refractivity contribution in [3.05, 3.63) is 41.0 Å². The van der Waals surface area contributed by atoms with Crippen LogP contribution in [0.15, 0.2) is 30.3 Å². The number of aromatic nitrogens is 1. The molecule has 0 aliphatic rings. The SMILES string of the molecule is CNc1cc(-c2ccc(Cl)cc2)nc(C(=O)O)c1N. The molecular weight excluding hydrogens is 266 g/mol. The van der Waals surface area contributed by atoms with Gasteiger partial charge in [-0.1, -0.05) is 23.7 Å². The van der Waals surface area contributed by atoms with Gasteiger partial charge in [-0.05, 0) is 18.2 Å². The van der Waals surface area contributed by atoms with Gasteiger partial charge in [-0.2, -0.15) is 0 Å². The number of aromatic carboxylic acids is 1. The molecule has 4 N–H and O–H groups in total. The first kappa shape index (κ1) is 13.2. The number of carboxylic acid groups (broad SMARTS) is 1. The van der Waals surface area contributed by atoms with Gasteiger partial charge in [0.2, 0.25) is 0 Å². The van der Waals surface area contributed by atoms with Gasteiger partial charge < -0.3 is 16.2 Å². The van der Waals surface area contributed by atoms with Crippen LogP contribution in [0.4, 0.5) is 11.4 Å². The van der Waals surface area contributed by atoms with Crippen molar-refractivity contribution in [3.63, 3.8) is 0 Å². The Bertz CT molecular complexity index is 627. The van der Waals surface area contributed by atoms with E-state index in [1.54, 1.807) is 37.4 Å². The van der Waals surface area contributed by atoms with Crippen molar-refractivity contribution in [2.24, 2.45) is 0 Å². The monoisotopic (exact) mass is 277 g/mol. The zero-order valence-corrected chi connectivity index (χ0v) is 10.9. The van der Waals surface area contributed by atoms with Crippen LogP contribution >= 0.6 is 11.6 Å². The molecule has 1 aromatic heterocycles. The molecule has 0 bridgehead atoms. The van der Waals surface area contributed by atoms with Gasteiger partial charge >= 0.3 is 5.97 Å². The maximum absolute atomic E-state index is 11.1. The number of anilines is 2. The number of nitrogens with one attached hydrogen (secondary N) is 1. The highest BCUT2D eigenvalue weighted by Gasteiger charge is 2.15. The average Bonchev–Trinajstić information content (AvgIpc) is 2.39. The van der Waals surface area contributed by atoms with Gasteiger partial charge in [-0.25, -0.2) is 9.78 Å². The number of hydrogen-bond acceptors (Lipinski definition) is 4. The number of carboxylic acids is 1. The molecule has 0 unspecified atom stereocenters. The Morgan fingerprint density at radius 1 is 1.37 bits per heavy atom. The number of carbonyl (C=O) groups is 1. The summed E-state index contributed by atoms with van der Waals surface area (Å²) in [6.45, 7) is 0. The number of nitrogens with two attached hydrogens (primary N) is 1. The second-order valence-electron chi connectivity index (χ2n) is 3.88. The van der Waals surface area contributed by atoms with E-state index in [-0.39, 0.29) is 11.4 Å². The van der Waals surface area contributed by atoms with E-state index in [4.69, 9.17) is 22.4 Å². The van der Waals surface area contributed by atoms with Crippen LogP contribution in [0.2, 0.25) is 5.02 Å². The highest BCUT2D eigenvalue weighted by atomic mass is 35.5. The van der Waals surface area contributed by atoms with Crippen LogP contribution in [0.25, 0.3) is 11.3 Å². The Kier molecular flexibility index (Phi) is 3.57. The Morgan fingerprint density at radius 2 is 2.00 bits per heavy atom. The van der Waals surface area contributed by atoms with E-state index in [2.05, 4.69) is 10.3 Å². The summed E-state index contributed by atoms with van der Waals surface area (Å²) in [5.41, 5.74) is 7.50. The fraction of sp³-hybridized carbons (Fsp3) is 0.0769. The molecule has 2 rings (SSSR count). The van der Waals surface area contributed by atoms with Crippen molar-refractivity contribution in [2.75, 3.05) is 18.1 Å². The first-order chi connectivity index (χ1) is 9.02. The van der Waals surface area contributed by atoms with Gasteiger partial charge in [0, 0.05) is 17.6 Å². The molecular formula is C13H12ClN3O2. The highest BCUT2D eigenvalue weighted by molar-refractivity contribution is 6.30. The topological polar surface area (TPSA) is 88.2 Å². The molecule has 98 valence electrons. The minimum Gasteiger partial charge on any atom is -0.476 e. The van der Waals surface area contributed by atoms with Gasteiger partial charge in [-0.3, -0.25) is 0 Å². The molecule has 2 aromatic rings. The van der Waals surface area contributed by atoms with Crippen molar-refractivity contribution in [1.29, 1.82) is 0 Å². The normalized spacial score (nSPS) is 10.2. The maximum atomic E-state index is 11.1. The summed E-state index contributed by atoms with van der Waals surface area (Å²) in [7, 11) is 1.67. The van der Waals surface area contributed by atoms with E-state index in [0.29, 0.717) is 16.4 Å². The van der Waals surface area contributed by atoms with E-state index < -0.39 is 5.97 Å². The number of rotatable bonds is 3. The van der Waals surface area contributed by atoms with Gasteiger partial charge in [-0.15, -0.1) is 0 Å². The average molecular weight is 278 g/mol. The van der Waals surface area contributed by atoms with Crippen LogP contribution in [0.5, 0.6) is 0 Å². The molecule has 0 spiro atoms. The second-order valence-corrected chi connectivity index (χ2v) is 4.32. The van der Waals surface area contributed by atoms with Crippen molar-refractivity contribution >= 4 is 28.9 Å². The molecule has 0 aliphatic carbocycles. The summed E-state index contributed by atoms with van der Waals surface area (Å²) in [6.07, 6.45) is 0. The molecule has 0 radical (unpaired) electrons. The molecule has 19 heavy (non-hydrogen) atoms. The first-order valence-corrected chi connectivity index (χ1v) is 5.88. The van der Waals surface area contributed by atoms with Crippen LogP contribution in [0.3, 0.4) is 0 Å². The summed E-state index contributed by atoms with van der Waals surface area (Å²) in [6, 6.07) is 8.67. The Hall–Kier alpha value is -2.27. The van der Waals surface area contributed by atoms with E-state index in [0.717, 1.165) is 5.56 Å². The van der Waals surface area contributed by atoms with Gasteiger partial charge in [0.15, 0.2) is 5.69 Å². The molecule has 0 saturated carbocycles. The summed E-state index contributed by atoms with van der Waals surface area (Å²) in [5, 5.41) is 12.6. The van der Waals surface area contributed by atoms with Crippen molar-refractivity contribution in [2.45, 2.75) is 0 Å². The lowest BCUT2D eigenvalue weighted by Gasteiger charge is -2.10. The zero-order chi connectivity index (χ0) is 14.0. The van der Waals surface area contributed by atoms with E-state index in [1.165, 1.54) is 0 Å². The quantitative estimate of drug-likeness (QED) is 0.803. The van der Waals surface area contributed by atoms with Crippen molar-refractivity contribution in [3.8, 4) is 11.3 Å². The molecule has 0 saturated heterocycles. The molecule has 1 heterocycles. The third kappa shape index (κ3) is 2.61. The smallest absolute Gasteiger partial charge is 0.356 e. The third-order valence-electron chi connectivity index (χ3n) is 2.67. The summed E-state index contributed by atoms with van der Waals surface area (Å²) >= 11 is 5.82. The fourth-order valence-corrected chi connectivity index (χ4v) is 1.82. The van der Waals surface area contributed by atoms with Crippen LogP contribution in [0.1, 0.15) is 10.5 Å². The highest BCUT2D eigenvalue weighted by Crippen LogP contribution is 2.28. The third-order valence-corrected chi connectivity index (χ3v) is 2.92. The predicted molar refractivity (Wildman–Crippen MR) is 75.6 cm³/mol. The van der Waals surface area contributed by atoms with Gasteiger partial charge in [0.1, 0.15) is 0 Å². The molecule has 0 amide bonds. The van der Waals surface area contributed by atoms with E-state index in [9.17, 15) is 4.79 Å². The Labute approximate surface area is 115 Å². The van der Waals surface area contributed by atoms with Crippen molar-refractivity contribution < 1.29 is 9.90 Å². The largest absolute Gasteiger partial charge is 0.476 e. The maximum Gasteiger partial charge on any atom is 0.356 e. The molecule has 5 nitrogen and oxygen atoms in total. The van der Waals surface area contributed by atoms with Crippen molar-refractivity contribution in [1.82, 2.24) is 4.98 Å². The van der Waals surface area contributed by atoms with Crippen LogP contribution in [0, 0.1) is 0 Å². The molecule has 6 heteroatoms. The Balaban J connectivity index is 2.61. The first-order valence-electron chi connectivity index (χ1n) is 5.50.